The minimum absolute atomic E-state index is 0.779. The second-order valence-corrected chi connectivity index (χ2v) is 15.4. The Morgan fingerprint density at radius 3 is 1.56 bits per heavy atom. The van der Waals surface area contributed by atoms with Gasteiger partial charge in [0, 0.05) is 50.1 Å². The highest BCUT2D eigenvalue weighted by atomic mass is 16.3. The summed E-state index contributed by atoms with van der Waals surface area (Å²) in [6.07, 6.45) is 3.73. The summed E-state index contributed by atoms with van der Waals surface area (Å²) in [5.74, 6) is 0.854. The smallest absolute Gasteiger partial charge is 0.153 e. The SMILES string of the molecule is c1ccc(-c2c(-c3ccccc3)n(-c3ccc4c(-c5ccccc5)c(-c5ccccc5)n(-c5ccccn5)c4c3)c3cc(-c4cc5c(cn4)oc4ccccc45)ccc23)cc1. The molecule has 0 aliphatic heterocycles. The van der Waals surface area contributed by atoms with Crippen molar-refractivity contribution < 1.29 is 4.42 Å². The van der Waals surface area contributed by atoms with Crippen LogP contribution in [0.2, 0.25) is 0 Å². The van der Waals surface area contributed by atoms with E-state index >= 15 is 0 Å². The lowest BCUT2D eigenvalue weighted by atomic mass is 9.97. The Bertz CT molecular complexity index is 3550. The van der Waals surface area contributed by atoms with E-state index in [1.54, 1.807) is 0 Å². The summed E-state index contributed by atoms with van der Waals surface area (Å²) in [4.78, 5) is 9.95. The maximum atomic E-state index is 6.18. The zero-order valence-corrected chi connectivity index (χ0v) is 33.0. The van der Waals surface area contributed by atoms with Crippen LogP contribution in [0, 0.1) is 0 Å². The Kier molecular flexibility index (Phi) is 8.10. The molecular formula is C56H36N4O. The molecule has 12 rings (SSSR count). The quantitative estimate of drug-likeness (QED) is 0.162. The molecule has 0 radical (unpaired) electrons. The molecule has 5 heteroatoms. The predicted molar refractivity (Wildman–Crippen MR) is 250 cm³/mol. The second kappa shape index (κ2) is 14.2. The first-order valence-electron chi connectivity index (χ1n) is 20.6. The molecule has 286 valence electrons. The van der Waals surface area contributed by atoms with Crippen molar-refractivity contribution in [1.82, 2.24) is 19.1 Å². The van der Waals surface area contributed by atoms with E-state index < -0.39 is 0 Å². The highest BCUT2D eigenvalue weighted by molar-refractivity contribution is 6.10. The lowest BCUT2D eigenvalue weighted by Crippen LogP contribution is -2.01. The number of fused-ring (bicyclic) bond motifs is 5. The number of pyridine rings is 2. The number of hydrogen-bond acceptors (Lipinski definition) is 3. The van der Waals surface area contributed by atoms with Gasteiger partial charge in [0.15, 0.2) is 5.58 Å². The fraction of sp³-hybridized carbons (Fsp3) is 0. The van der Waals surface area contributed by atoms with E-state index in [-0.39, 0.29) is 0 Å². The third kappa shape index (κ3) is 5.70. The molecular weight excluding hydrogens is 745 g/mol. The first-order valence-corrected chi connectivity index (χ1v) is 20.6. The van der Waals surface area contributed by atoms with Crippen molar-refractivity contribution in [3.63, 3.8) is 0 Å². The van der Waals surface area contributed by atoms with Gasteiger partial charge in [-0.1, -0.05) is 164 Å². The number of furan rings is 1. The molecule has 0 aliphatic carbocycles. The molecule has 0 bridgehead atoms. The third-order valence-electron chi connectivity index (χ3n) is 11.8. The second-order valence-electron chi connectivity index (χ2n) is 15.4. The molecule has 5 aromatic heterocycles. The van der Waals surface area contributed by atoms with Crippen molar-refractivity contribution in [2.24, 2.45) is 0 Å². The molecule has 0 aliphatic rings. The Labute approximate surface area is 352 Å². The van der Waals surface area contributed by atoms with Crippen molar-refractivity contribution in [3.8, 4) is 67.5 Å². The van der Waals surface area contributed by atoms with Crippen LogP contribution < -0.4 is 0 Å². The molecule has 5 heterocycles. The molecule has 0 unspecified atom stereocenters. The predicted octanol–water partition coefficient (Wildman–Crippen LogP) is 14.6. The van der Waals surface area contributed by atoms with Gasteiger partial charge < -0.3 is 8.98 Å². The van der Waals surface area contributed by atoms with Crippen LogP contribution in [0.4, 0.5) is 0 Å². The van der Waals surface area contributed by atoms with E-state index in [4.69, 9.17) is 14.4 Å². The molecule has 0 saturated carbocycles. The summed E-state index contributed by atoms with van der Waals surface area (Å²) < 4.78 is 11.0. The topological polar surface area (TPSA) is 48.8 Å². The van der Waals surface area contributed by atoms with Crippen LogP contribution in [-0.2, 0) is 0 Å². The van der Waals surface area contributed by atoms with E-state index in [1.807, 2.05) is 30.6 Å². The van der Waals surface area contributed by atoms with Crippen LogP contribution in [0.15, 0.2) is 223 Å². The average Bonchev–Trinajstić information content (AvgIpc) is 4.00. The zero-order valence-electron chi connectivity index (χ0n) is 33.0. The van der Waals surface area contributed by atoms with Crippen LogP contribution in [0.3, 0.4) is 0 Å². The normalized spacial score (nSPS) is 11.6. The van der Waals surface area contributed by atoms with E-state index in [0.29, 0.717) is 0 Å². The molecule has 0 spiro atoms. The maximum absolute atomic E-state index is 6.18. The monoisotopic (exact) mass is 780 g/mol. The number of rotatable bonds is 7. The van der Waals surface area contributed by atoms with Gasteiger partial charge >= 0.3 is 0 Å². The lowest BCUT2D eigenvalue weighted by molar-refractivity contribution is 0.667. The summed E-state index contributed by atoms with van der Waals surface area (Å²) >= 11 is 0. The number of para-hydroxylation sites is 1. The molecule has 7 aromatic carbocycles. The minimum Gasteiger partial charge on any atom is -0.454 e. The summed E-state index contributed by atoms with van der Waals surface area (Å²) in [6, 6.07) is 73.1. The lowest BCUT2D eigenvalue weighted by Gasteiger charge is -2.15. The Morgan fingerprint density at radius 2 is 0.918 bits per heavy atom. The number of benzene rings is 7. The number of hydrogen-bond donors (Lipinski definition) is 0. The highest BCUT2D eigenvalue weighted by Crippen LogP contribution is 2.47. The van der Waals surface area contributed by atoms with Gasteiger partial charge in [-0.25, -0.2) is 4.98 Å². The molecule has 12 aromatic rings. The minimum atomic E-state index is 0.779. The van der Waals surface area contributed by atoms with Gasteiger partial charge in [0.25, 0.3) is 0 Å². The molecule has 5 nitrogen and oxygen atoms in total. The van der Waals surface area contributed by atoms with Crippen LogP contribution in [0.25, 0.3) is 111 Å². The van der Waals surface area contributed by atoms with Crippen molar-refractivity contribution in [2.45, 2.75) is 0 Å². The third-order valence-corrected chi connectivity index (χ3v) is 11.8. The first-order chi connectivity index (χ1) is 30.3. The van der Waals surface area contributed by atoms with Crippen LogP contribution in [0.5, 0.6) is 0 Å². The summed E-state index contributed by atoms with van der Waals surface area (Å²) in [7, 11) is 0. The molecule has 0 amide bonds. The van der Waals surface area contributed by atoms with Gasteiger partial charge in [0.2, 0.25) is 0 Å². The largest absolute Gasteiger partial charge is 0.454 e. The van der Waals surface area contributed by atoms with Gasteiger partial charge in [0.1, 0.15) is 11.4 Å². The number of nitrogens with zero attached hydrogens (tertiary/aromatic N) is 4. The summed E-state index contributed by atoms with van der Waals surface area (Å²) in [6.45, 7) is 0. The van der Waals surface area contributed by atoms with Crippen molar-refractivity contribution in [2.75, 3.05) is 0 Å². The zero-order chi connectivity index (χ0) is 40.3. The van der Waals surface area contributed by atoms with Crippen LogP contribution >= 0.6 is 0 Å². The maximum Gasteiger partial charge on any atom is 0.153 e. The highest BCUT2D eigenvalue weighted by Gasteiger charge is 2.26. The molecule has 0 saturated heterocycles. The van der Waals surface area contributed by atoms with Crippen molar-refractivity contribution in [3.05, 3.63) is 219 Å². The Hall–Kier alpha value is -8.28. The van der Waals surface area contributed by atoms with E-state index in [1.165, 1.54) is 11.1 Å². The van der Waals surface area contributed by atoms with E-state index in [9.17, 15) is 0 Å². The molecule has 61 heavy (non-hydrogen) atoms. The fourth-order valence-electron chi connectivity index (χ4n) is 9.18. The standard InChI is InChI=1S/C56H36N4O/c1-5-17-37(18-6-1)53-44-30-28-41(47-35-46-43-25-13-14-26-50(43)61-51(46)36-58-47)33-48(44)59(55(53)39-21-9-3-10-22-39)42-29-31-45-49(34-42)60(52-27-15-16-32-57-52)56(40-23-11-4-12-24-40)54(45)38-19-7-2-8-20-38/h1-36H. The molecule has 0 fully saturated rings. The van der Waals surface area contributed by atoms with Crippen LogP contribution in [-0.4, -0.2) is 19.1 Å². The fourth-order valence-corrected chi connectivity index (χ4v) is 9.18. The molecule has 0 atom stereocenters. The Balaban J connectivity index is 1.19. The van der Waals surface area contributed by atoms with E-state index in [2.05, 4.69) is 197 Å². The molecule has 0 N–H and O–H groups in total. The van der Waals surface area contributed by atoms with Gasteiger partial charge in [-0.15, -0.1) is 0 Å². The van der Waals surface area contributed by atoms with Gasteiger partial charge in [-0.2, -0.15) is 0 Å². The van der Waals surface area contributed by atoms with Crippen molar-refractivity contribution in [1.29, 1.82) is 0 Å². The summed E-state index contributed by atoms with van der Waals surface area (Å²) in [5, 5.41) is 4.43. The van der Waals surface area contributed by atoms with Crippen LogP contribution in [0.1, 0.15) is 0 Å². The van der Waals surface area contributed by atoms with Gasteiger partial charge in [-0.3, -0.25) is 9.55 Å². The van der Waals surface area contributed by atoms with Crippen molar-refractivity contribution >= 4 is 43.7 Å². The summed E-state index contributed by atoms with van der Waals surface area (Å²) in [5.41, 5.74) is 15.8. The first kappa shape index (κ1) is 34.7. The van der Waals surface area contributed by atoms with E-state index in [0.717, 1.165) is 100 Å². The number of aromatic nitrogens is 4. The van der Waals surface area contributed by atoms with Gasteiger partial charge in [-0.05, 0) is 64.7 Å². The van der Waals surface area contributed by atoms with Gasteiger partial charge in [0.05, 0.1) is 34.3 Å². The average molecular weight is 781 g/mol. The Morgan fingerprint density at radius 1 is 0.361 bits per heavy atom.